The molecule has 1 atom stereocenters. The first-order valence-electron chi connectivity index (χ1n) is 4.60. The Kier molecular flexibility index (Phi) is 6.76. The zero-order valence-corrected chi connectivity index (χ0v) is 8.01. The van der Waals surface area contributed by atoms with Gasteiger partial charge in [0.15, 0.2) is 0 Å². The number of esters is 1. The van der Waals surface area contributed by atoms with E-state index in [1.807, 2.05) is 13.8 Å². The maximum Gasteiger partial charge on any atom is 0.306 e. The molecule has 0 amide bonds. The zero-order valence-electron chi connectivity index (χ0n) is 8.01. The van der Waals surface area contributed by atoms with Gasteiger partial charge in [0.25, 0.3) is 0 Å². The molecule has 0 spiro atoms. The Labute approximate surface area is 74.3 Å². The Balaban J connectivity index is 3.33. The summed E-state index contributed by atoms with van der Waals surface area (Å²) in [7, 11) is 0. The van der Waals surface area contributed by atoms with Gasteiger partial charge in [-0.25, -0.2) is 0 Å². The van der Waals surface area contributed by atoms with E-state index in [1.165, 1.54) is 0 Å². The lowest BCUT2D eigenvalue weighted by Crippen LogP contribution is -2.13. The fourth-order valence-electron chi connectivity index (χ4n) is 0.780. The van der Waals surface area contributed by atoms with Crippen LogP contribution in [0.3, 0.4) is 0 Å². The van der Waals surface area contributed by atoms with E-state index in [-0.39, 0.29) is 12.1 Å². The van der Waals surface area contributed by atoms with Crippen molar-refractivity contribution >= 4 is 5.97 Å². The molecule has 12 heavy (non-hydrogen) atoms. The van der Waals surface area contributed by atoms with Gasteiger partial charge in [-0.1, -0.05) is 6.92 Å². The third-order valence-electron chi connectivity index (χ3n) is 1.74. The lowest BCUT2D eigenvalue weighted by Gasteiger charge is -2.09. The van der Waals surface area contributed by atoms with Crippen LogP contribution in [0, 0.1) is 0 Å². The zero-order chi connectivity index (χ0) is 9.40. The predicted molar refractivity (Wildman–Crippen MR) is 48.8 cm³/mol. The van der Waals surface area contributed by atoms with Gasteiger partial charge in [0.1, 0.15) is 0 Å². The summed E-state index contributed by atoms with van der Waals surface area (Å²) in [6.07, 6.45) is 3.17. The lowest BCUT2D eigenvalue weighted by atomic mass is 10.2. The van der Waals surface area contributed by atoms with E-state index >= 15 is 0 Å². The molecule has 0 aromatic rings. The molecule has 0 bridgehead atoms. The van der Waals surface area contributed by atoms with Crippen LogP contribution < -0.4 is 5.73 Å². The number of rotatable bonds is 6. The molecule has 0 saturated carbocycles. The largest absolute Gasteiger partial charge is 0.463 e. The van der Waals surface area contributed by atoms with Crippen molar-refractivity contribution in [2.45, 2.75) is 45.6 Å². The quantitative estimate of drug-likeness (QED) is 0.488. The van der Waals surface area contributed by atoms with Crippen LogP contribution >= 0.6 is 0 Å². The Morgan fingerprint density at radius 2 is 2.17 bits per heavy atom. The van der Waals surface area contributed by atoms with E-state index in [2.05, 4.69) is 0 Å². The average molecular weight is 173 g/mol. The molecule has 1 unspecified atom stereocenters. The van der Waals surface area contributed by atoms with Crippen molar-refractivity contribution in [3.63, 3.8) is 0 Å². The highest BCUT2D eigenvalue weighted by Gasteiger charge is 2.06. The number of ether oxygens (including phenoxy) is 1. The maximum absolute atomic E-state index is 11.0. The van der Waals surface area contributed by atoms with E-state index in [0.717, 1.165) is 19.3 Å². The smallest absolute Gasteiger partial charge is 0.306 e. The van der Waals surface area contributed by atoms with E-state index in [4.69, 9.17) is 10.5 Å². The Morgan fingerprint density at radius 3 is 2.67 bits per heavy atom. The molecule has 0 saturated heterocycles. The molecule has 0 aliphatic heterocycles. The van der Waals surface area contributed by atoms with Gasteiger partial charge in [-0.3, -0.25) is 4.79 Å². The molecule has 3 heteroatoms. The molecular weight excluding hydrogens is 154 g/mol. The Bertz CT molecular complexity index is 126. The van der Waals surface area contributed by atoms with E-state index in [9.17, 15) is 4.79 Å². The second kappa shape index (κ2) is 7.10. The second-order valence-corrected chi connectivity index (χ2v) is 2.95. The first-order chi connectivity index (χ1) is 5.70. The van der Waals surface area contributed by atoms with Crippen LogP contribution in [0.4, 0.5) is 0 Å². The summed E-state index contributed by atoms with van der Waals surface area (Å²) < 4.78 is 5.07. The number of carbonyl (C=O) groups is 1. The monoisotopic (exact) mass is 173 g/mol. The number of nitrogens with two attached hydrogens (primary N) is 1. The molecule has 0 radical (unpaired) electrons. The molecule has 0 aliphatic rings. The summed E-state index contributed by atoms with van der Waals surface area (Å²) in [5.74, 6) is -0.0993. The third-order valence-corrected chi connectivity index (χ3v) is 1.74. The molecule has 72 valence electrons. The second-order valence-electron chi connectivity index (χ2n) is 2.95. The van der Waals surface area contributed by atoms with Crippen LogP contribution in [0.5, 0.6) is 0 Å². The summed E-state index contributed by atoms with van der Waals surface area (Å²) in [5.41, 5.74) is 5.29. The molecule has 0 aromatic carbocycles. The van der Waals surface area contributed by atoms with Gasteiger partial charge in [0.05, 0.1) is 6.10 Å². The minimum Gasteiger partial charge on any atom is -0.463 e. The van der Waals surface area contributed by atoms with Crippen LogP contribution in [0.15, 0.2) is 0 Å². The normalized spacial score (nSPS) is 12.6. The third kappa shape index (κ3) is 6.16. The molecule has 3 nitrogen and oxygen atoms in total. The number of hydrogen-bond donors (Lipinski definition) is 1. The van der Waals surface area contributed by atoms with Gasteiger partial charge < -0.3 is 10.5 Å². The Morgan fingerprint density at radius 1 is 1.50 bits per heavy atom. The van der Waals surface area contributed by atoms with E-state index in [1.54, 1.807) is 0 Å². The average Bonchev–Trinajstić information content (AvgIpc) is 2.05. The summed E-state index contributed by atoms with van der Waals surface area (Å²) >= 11 is 0. The maximum atomic E-state index is 11.0. The van der Waals surface area contributed by atoms with Gasteiger partial charge in [0.2, 0.25) is 0 Å². The molecule has 0 heterocycles. The van der Waals surface area contributed by atoms with Crippen LogP contribution in [-0.4, -0.2) is 18.6 Å². The van der Waals surface area contributed by atoms with Gasteiger partial charge in [0, 0.05) is 6.42 Å². The van der Waals surface area contributed by atoms with Gasteiger partial charge >= 0.3 is 5.97 Å². The first kappa shape index (κ1) is 11.4. The van der Waals surface area contributed by atoms with Gasteiger partial charge in [-0.2, -0.15) is 0 Å². The molecule has 0 rings (SSSR count). The SMILES string of the molecule is CCC(C)OC(=O)CCCCN. The predicted octanol–water partition coefficient (Wildman–Crippen LogP) is 1.46. The lowest BCUT2D eigenvalue weighted by molar-refractivity contribution is -0.148. The first-order valence-corrected chi connectivity index (χ1v) is 4.60. The fraction of sp³-hybridized carbons (Fsp3) is 0.889. The summed E-state index contributed by atoms with van der Waals surface area (Å²) in [6.45, 7) is 4.55. The van der Waals surface area contributed by atoms with Crippen LogP contribution in [0.25, 0.3) is 0 Å². The molecule has 0 aromatic heterocycles. The highest BCUT2D eigenvalue weighted by molar-refractivity contribution is 5.69. The Hall–Kier alpha value is -0.570. The highest BCUT2D eigenvalue weighted by atomic mass is 16.5. The van der Waals surface area contributed by atoms with Crippen LogP contribution in [-0.2, 0) is 9.53 Å². The van der Waals surface area contributed by atoms with Crippen molar-refractivity contribution in [3.8, 4) is 0 Å². The molecule has 2 N–H and O–H groups in total. The number of hydrogen-bond acceptors (Lipinski definition) is 3. The minimum atomic E-state index is -0.0993. The van der Waals surface area contributed by atoms with Crippen molar-refractivity contribution < 1.29 is 9.53 Å². The highest BCUT2D eigenvalue weighted by Crippen LogP contribution is 2.01. The topological polar surface area (TPSA) is 52.3 Å². The number of unbranched alkanes of at least 4 members (excludes halogenated alkanes) is 1. The molecular formula is C9H19NO2. The standard InChI is InChI=1S/C9H19NO2/c1-3-8(2)12-9(11)6-4-5-7-10/h8H,3-7,10H2,1-2H3. The minimum absolute atomic E-state index is 0.0513. The van der Waals surface area contributed by atoms with Crippen molar-refractivity contribution in [3.05, 3.63) is 0 Å². The molecule has 0 fully saturated rings. The summed E-state index contributed by atoms with van der Waals surface area (Å²) in [6, 6.07) is 0. The summed E-state index contributed by atoms with van der Waals surface area (Å²) in [4.78, 5) is 11.0. The van der Waals surface area contributed by atoms with Gasteiger partial charge in [-0.05, 0) is 32.7 Å². The van der Waals surface area contributed by atoms with Crippen LogP contribution in [0.1, 0.15) is 39.5 Å². The fourth-order valence-corrected chi connectivity index (χ4v) is 0.780. The van der Waals surface area contributed by atoms with Crippen molar-refractivity contribution in [1.29, 1.82) is 0 Å². The molecule has 0 aliphatic carbocycles. The van der Waals surface area contributed by atoms with Crippen LogP contribution in [0.2, 0.25) is 0 Å². The summed E-state index contributed by atoms with van der Waals surface area (Å²) in [5, 5.41) is 0. The van der Waals surface area contributed by atoms with E-state index in [0.29, 0.717) is 13.0 Å². The van der Waals surface area contributed by atoms with Crippen molar-refractivity contribution in [2.75, 3.05) is 6.54 Å². The van der Waals surface area contributed by atoms with Crippen molar-refractivity contribution in [2.24, 2.45) is 5.73 Å². The van der Waals surface area contributed by atoms with Gasteiger partial charge in [-0.15, -0.1) is 0 Å². The van der Waals surface area contributed by atoms with E-state index < -0.39 is 0 Å². The number of carbonyl (C=O) groups excluding carboxylic acids is 1. The van der Waals surface area contributed by atoms with Crippen molar-refractivity contribution in [1.82, 2.24) is 0 Å².